The van der Waals surface area contributed by atoms with Crippen molar-refractivity contribution in [1.82, 2.24) is 19.2 Å². The van der Waals surface area contributed by atoms with Crippen LogP contribution >= 0.6 is 11.5 Å². The number of hydrogen-bond acceptors (Lipinski definition) is 4. The number of amides is 1. The summed E-state index contributed by atoms with van der Waals surface area (Å²) in [6.07, 6.45) is 5.89. The van der Waals surface area contributed by atoms with E-state index < -0.39 is 0 Å². The minimum atomic E-state index is -0.0137. The van der Waals surface area contributed by atoms with E-state index >= 15 is 0 Å². The molecule has 19 heavy (non-hydrogen) atoms. The summed E-state index contributed by atoms with van der Waals surface area (Å²) in [6, 6.07) is 0. The van der Waals surface area contributed by atoms with E-state index in [1.165, 1.54) is 11.5 Å². The second kappa shape index (κ2) is 5.13. The molecule has 3 heterocycles. The molecule has 0 saturated heterocycles. The highest BCUT2D eigenvalue weighted by Gasteiger charge is 2.20. The van der Waals surface area contributed by atoms with Gasteiger partial charge in [-0.15, -0.1) is 0 Å². The maximum absolute atomic E-state index is 12.0. The molecule has 0 radical (unpaired) electrons. The smallest absolute Gasteiger partial charge is 0.254 e. The summed E-state index contributed by atoms with van der Waals surface area (Å²) in [5, 5.41) is 4.81. The summed E-state index contributed by atoms with van der Waals surface area (Å²) in [6.45, 7) is 3.57. The van der Waals surface area contributed by atoms with Crippen LogP contribution in [0.5, 0.6) is 0 Å². The predicted molar refractivity (Wildman–Crippen MR) is 73.2 cm³/mol. The Labute approximate surface area is 115 Å². The van der Waals surface area contributed by atoms with Gasteiger partial charge in [0.2, 0.25) is 0 Å². The molecule has 0 bridgehead atoms. The van der Waals surface area contributed by atoms with Gasteiger partial charge in [0, 0.05) is 37.3 Å². The molecule has 2 aromatic rings. The fourth-order valence-electron chi connectivity index (χ4n) is 2.43. The lowest BCUT2D eigenvalue weighted by atomic mass is 9.98. The van der Waals surface area contributed by atoms with Gasteiger partial charge in [-0.1, -0.05) is 0 Å². The molecule has 100 valence electrons. The maximum Gasteiger partial charge on any atom is 0.254 e. The summed E-state index contributed by atoms with van der Waals surface area (Å²) in [7, 11) is 0. The van der Waals surface area contributed by atoms with Crippen LogP contribution in [0.25, 0.3) is 0 Å². The van der Waals surface area contributed by atoms with E-state index in [4.69, 9.17) is 0 Å². The van der Waals surface area contributed by atoms with Gasteiger partial charge in [-0.3, -0.25) is 4.79 Å². The van der Waals surface area contributed by atoms with Gasteiger partial charge in [-0.2, -0.15) is 4.37 Å². The van der Waals surface area contributed by atoms with Gasteiger partial charge in [0.05, 0.1) is 11.3 Å². The van der Waals surface area contributed by atoms with E-state index in [1.54, 1.807) is 5.38 Å². The molecule has 6 heteroatoms. The third-order valence-corrected chi connectivity index (χ3v) is 4.32. The topological polar surface area (TPSA) is 59.8 Å². The second-order valence-corrected chi connectivity index (χ2v) is 5.55. The maximum atomic E-state index is 12.0. The van der Waals surface area contributed by atoms with Crippen molar-refractivity contribution in [2.24, 2.45) is 5.92 Å². The Bertz CT molecular complexity index is 589. The van der Waals surface area contributed by atoms with Crippen LogP contribution in [-0.2, 0) is 13.0 Å². The molecule has 1 aliphatic heterocycles. The number of rotatable bonds is 3. The average molecular weight is 276 g/mol. The van der Waals surface area contributed by atoms with Crippen molar-refractivity contribution in [2.75, 3.05) is 6.54 Å². The molecular formula is C13H16N4OS. The van der Waals surface area contributed by atoms with Crippen LogP contribution in [0.15, 0.2) is 17.8 Å². The third-order valence-electron chi connectivity index (χ3n) is 3.60. The second-order valence-electron chi connectivity index (χ2n) is 4.92. The van der Waals surface area contributed by atoms with Gasteiger partial charge in [0.25, 0.3) is 5.91 Å². The number of imidazole rings is 1. The first kappa shape index (κ1) is 12.3. The molecular weight excluding hydrogens is 260 g/mol. The number of aryl methyl sites for hydroxylation is 2. The molecule has 0 aliphatic carbocycles. The van der Waals surface area contributed by atoms with Crippen molar-refractivity contribution in [3.63, 3.8) is 0 Å². The molecule has 3 rings (SSSR count). The van der Waals surface area contributed by atoms with E-state index in [0.29, 0.717) is 18.0 Å². The van der Waals surface area contributed by atoms with Crippen molar-refractivity contribution in [1.29, 1.82) is 0 Å². The largest absolute Gasteiger partial charge is 0.352 e. The first-order chi connectivity index (χ1) is 9.24. The molecule has 1 atom stereocenters. The molecule has 1 unspecified atom stereocenters. The minimum absolute atomic E-state index is 0.0137. The lowest BCUT2D eigenvalue weighted by Crippen LogP contribution is -2.33. The fourth-order valence-corrected chi connectivity index (χ4v) is 3.12. The lowest BCUT2D eigenvalue weighted by molar-refractivity contribution is 0.0944. The Kier molecular flexibility index (Phi) is 3.33. The quantitative estimate of drug-likeness (QED) is 0.927. The van der Waals surface area contributed by atoms with Crippen molar-refractivity contribution in [3.8, 4) is 0 Å². The van der Waals surface area contributed by atoms with Crippen LogP contribution in [0.4, 0.5) is 0 Å². The Balaban J connectivity index is 1.56. The Morgan fingerprint density at radius 3 is 3.32 bits per heavy atom. The zero-order chi connectivity index (χ0) is 13.2. The van der Waals surface area contributed by atoms with Crippen LogP contribution in [0.3, 0.4) is 0 Å². The Morgan fingerprint density at radius 1 is 1.63 bits per heavy atom. The normalized spacial score (nSPS) is 18.1. The summed E-state index contributed by atoms with van der Waals surface area (Å²) >= 11 is 1.32. The average Bonchev–Trinajstić information content (AvgIpc) is 3.03. The van der Waals surface area contributed by atoms with Crippen LogP contribution in [-0.4, -0.2) is 26.4 Å². The van der Waals surface area contributed by atoms with Crippen LogP contribution in [0.1, 0.15) is 28.3 Å². The number of hydrogen-bond donors (Lipinski definition) is 1. The van der Waals surface area contributed by atoms with E-state index in [9.17, 15) is 4.79 Å². The molecule has 2 aromatic heterocycles. The molecule has 0 aromatic carbocycles. The molecule has 1 N–H and O–H groups in total. The van der Waals surface area contributed by atoms with Gasteiger partial charge in [-0.25, -0.2) is 4.98 Å². The van der Waals surface area contributed by atoms with Crippen LogP contribution in [0.2, 0.25) is 0 Å². The zero-order valence-electron chi connectivity index (χ0n) is 10.8. The highest BCUT2D eigenvalue weighted by Crippen LogP contribution is 2.18. The molecule has 5 nitrogen and oxygen atoms in total. The van der Waals surface area contributed by atoms with Gasteiger partial charge in [0.15, 0.2) is 0 Å². The molecule has 0 fully saturated rings. The molecule has 0 saturated carbocycles. The first-order valence-electron chi connectivity index (χ1n) is 6.43. The van der Waals surface area contributed by atoms with E-state index in [-0.39, 0.29) is 5.91 Å². The van der Waals surface area contributed by atoms with Gasteiger partial charge < -0.3 is 9.88 Å². The summed E-state index contributed by atoms with van der Waals surface area (Å²) < 4.78 is 6.31. The lowest BCUT2D eigenvalue weighted by Gasteiger charge is -2.23. The number of nitrogens with one attached hydrogen (secondary N) is 1. The van der Waals surface area contributed by atoms with Crippen molar-refractivity contribution < 1.29 is 4.79 Å². The first-order valence-corrected chi connectivity index (χ1v) is 7.27. The molecule has 1 amide bonds. The minimum Gasteiger partial charge on any atom is -0.352 e. The van der Waals surface area contributed by atoms with E-state index in [2.05, 4.69) is 19.2 Å². The van der Waals surface area contributed by atoms with Crippen molar-refractivity contribution >= 4 is 17.4 Å². The van der Waals surface area contributed by atoms with Crippen molar-refractivity contribution in [2.45, 2.75) is 26.3 Å². The van der Waals surface area contributed by atoms with Crippen molar-refractivity contribution in [3.05, 3.63) is 34.9 Å². The number of carbonyl (C=O) groups excluding carboxylic acids is 1. The molecule has 1 aliphatic rings. The number of fused-ring (bicyclic) bond motifs is 1. The van der Waals surface area contributed by atoms with Crippen LogP contribution < -0.4 is 5.32 Å². The third kappa shape index (κ3) is 2.53. The molecule has 0 spiro atoms. The zero-order valence-corrected chi connectivity index (χ0v) is 11.6. The monoisotopic (exact) mass is 276 g/mol. The Hall–Kier alpha value is -1.69. The van der Waals surface area contributed by atoms with Gasteiger partial charge in [0.1, 0.15) is 5.82 Å². The standard InChI is InChI=1S/C13H16N4OS/c1-9-11(8-19-16-9)13(18)15-7-10-2-4-17-5-3-14-12(17)6-10/h3,5,8,10H,2,4,6-7H2,1H3,(H,15,18). The SMILES string of the molecule is Cc1nscc1C(=O)NCC1CCn2ccnc2C1. The summed E-state index contributed by atoms with van der Waals surface area (Å²) in [4.78, 5) is 16.3. The van der Waals surface area contributed by atoms with Crippen LogP contribution in [0, 0.1) is 12.8 Å². The highest BCUT2D eigenvalue weighted by molar-refractivity contribution is 7.03. The van der Waals surface area contributed by atoms with Gasteiger partial charge in [-0.05, 0) is 30.8 Å². The Morgan fingerprint density at radius 2 is 2.53 bits per heavy atom. The number of nitrogens with zero attached hydrogens (tertiary/aromatic N) is 3. The van der Waals surface area contributed by atoms with E-state index in [1.807, 2.05) is 19.3 Å². The summed E-state index contributed by atoms with van der Waals surface area (Å²) in [5.41, 5.74) is 1.50. The van der Waals surface area contributed by atoms with Gasteiger partial charge >= 0.3 is 0 Å². The number of carbonyl (C=O) groups is 1. The predicted octanol–water partition coefficient (Wildman–Crippen LogP) is 1.64. The summed E-state index contributed by atoms with van der Waals surface area (Å²) in [5.74, 6) is 1.59. The number of aromatic nitrogens is 3. The fraction of sp³-hybridized carbons (Fsp3) is 0.462. The van der Waals surface area contributed by atoms with E-state index in [0.717, 1.165) is 30.9 Å². The highest BCUT2D eigenvalue weighted by atomic mass is 32.1.